The second-order valence-electron chi connectivity index (χ2n) is 6.74. The Labute approximate surface area is 179 Å². The molecular formula is C23H24N2O6. The molecule has 0 saturated carbocycles. The van der Waals surface area contributed by atoms with E-state index >= 15 is 0 Å². The number of pyridine rings is 1. The van der Waals surface area contributed by atoms with Gasteiger partial charge in [0.25, 0.3) is 5.56 Å². The highest BCUT2D eigenvalue weighted by molar-refractivity contribution is 5.87. The highest BCUT2D eigenvalue weighted by atomic mass is 16.5. The summed E-state index contributed by atoms with van der Waals surface area (Å²) >= 11 is 0. The Balaban J connectivity index is 2.16. The molecular weight excluding hydrogens is 400 g/mol. The summed E-state index contributed by atoms with van der Waals surface area (Å²) < 4.78 is 17.5. The maximum absolute atomic E-state index is 13.1. The van der Waals surface area contributed by atoms with E-state index in [2.05, 4.69) is 4.98 Å². The van der Waals surface area contributed by atoms with Crippen LogP contribution in [-0.2, 0) is 6.42 Å². The molecule has 31 heavy (non-hydrogen) atoms. The molecule has 0 unspecified atom stereocenters. The molecule has 0 saturated heterocycles. The molecule has 0 fully saturated rings. The molecule has 0 spiro atoms. The number of nitrogens with zero attached hydrogens (tertiary/aromatic N) is 2. The fourth-order valence-electron chi connectivity index (χ4n) is 3.37. The number of carboxylic acid groups (broad SMARTS) is 1. The van der Waals surface area contributed by atoms with E-state index < -0.39 is 5.97 Å². The van der Waals surface area contributed by atoms with E-state index in [1.165, 1.54) is 36.9 Å². The number of rotatable bonds is 8. The van der Waals surface area contributed by atoms with Crippen molar-refractivity contribution in [1.29, 1.82) is 0 Å². The average molecular weight is 424 g/mol. The highest BCUT2D eigenvalue weighted by Gasteiger charge is 2.16. The zero-order valence-electron chi connectivity index (χ0n) is 17.8. The van der Waals surface area contributed by atoms with Crippen LogP contribution in [0.5, 0.6) is 17.2 Å². The smallest absolute Gasteiger partial charge is 0.337 e. The van der Waals surface area contributed by atoms with Crippen LogP contribution in [0.1, 0.15) is 40.5 Å². The van der Waals surface area contributed by atoms with E-state index in [-0.39, 0.29) is 11.1 Å². The molecule has 2 aromatic heterocycles. The van der Waals surface area contributed by atoms with Gasteiger partial charge in [-0.3, -0.25) is 9.20 Å². The zero-order chi connectivity index (χ0) is 22.5. The van der Waals surface area contributed by atoms with Crippen LogP contribution in [0.4, 0.5) is 0 Å². The van der Waals surface area contributed by atoms with Gasteiger partial charge in [0.2, 0.25) is 5.75 Å². The van der Waals surface area contributed by atoms with Crippen LogP contribution in [-0.4, -0.2) is 41.8 Å². The average Bonchev–Trinajstić information content (AvgIpc) is 2.78. The summed E-state index contributed by atoms with van der Waals surface area (Å²) in [4.78, 5) is 28.9. The molecule has 0 aliphatic rings. The number of hydrogen-bond acceptors (Lipinski definition) is 6. The lowest BCUT2D eigenvalue weighted by atomic mass is 10.1. The Morgan fingerprint density at radius 2 is 1.81 bits per heavy atom. The van der Waals surface area contributed by atoms with E-state index in [4.69, 9.17) is 14.2 Å². The van der Waals surface area contributed by atoms with E-state index in [0.29, 0.717) is 40.6 Å². The highest BCUT2D eigenvalue weighted by Crippen LogP contribution is 2.40. The second kappa shape index (κ2) is 9.34. The Hall–Kier alpha value is -3.81. The Kier molecular flexibility index (Phi) is 6.59. The van der Waals surface area contributed by atoms with Crippen molar-refractivity contribution in [2.75, 3.05) is 21.3 Å². The van der Waals surface area contributed by atoms with Crippen LogP contribution in [0.3, 0.4) is 0 Å². The van der Waals surface area contributed by atoms with Crippen molar-refractivity contribution in [1.82, 2.24) is 9.38 Å². The molecule has 0 aliphatic heterocycles. The third-order valence-corrected chi connectivity index (χ3v) is 4.85. The first-order valence-electron chi connectivity index (χ1n) is 9.70. The molecule has 8 nitrogen and oxygen atoms in total. The third kappa shape index (κ3) is 4.23. The molecule has 162 valence electrons. The number of hydrogen-bond donors (Lipinski definition) is 1. The number of methoxy groups -OCH3 is 3. The Morgan fingerprint density at radius 1 is 1.06 bits per heavy atom. The molecule has 0 radical (unpaired) electrons. The number of carbonyl (C=O) groups is 1. The molecule has 0 bridgehead atoms. The van der Waals surface area contributed by atoms with Crippen molar-refractivity contribution >= 4 is 23.8 Å². The van der Waals surface area contributed by atoms with Crippen LogP contribution in [0.2, 0.25) is 0 Å². The molecule has 3 aromatic rings. The van der Waals surface area contributed by atoms with Crippen LogP contribution in [0, 0.1) is 0 Å². The summed E-state index contributed by atoms with van der Waals surface area (Å²) in [5, 5.41) is 9.22. The maximum Gasteiger partial charge on any atom is 0.337 e. The Bertz CT molecular complexity index is 1210. The molecule has 1 N–H and O–H groups in total. The van der Waals surface area contributed by atoms with Crippen molar-refractivity contribution in [2.24, 2.45) is 0 Å². The number of aromatic carboxylic acids is 1. The van der Waals surface area contributed by atoms with Crippen molar-refractivity contribution in [3.8, 4) is 17.2 Å². The summed E-state index contributed by atoms with van der Waals surface area (Å²) in [5.74, 6) is 0.405. The molecule has 1 aromatic carbocycles. The normalized spacial score (nSPS) is 11.1. The van der Waals surface area contributed by atoms with E-state index in [1.807, 2.05) is 13.0 Å². The molecule has 3 rings (SSSR count). The van der Waals surface area contributed by atoms with Gasteiger partial charge in [-0.1, -0.05) is 13.3 Å². The monoisotopic (exact) mass is 424 g/mol. The predicted octanol–water partition coefficient (Wildman–Crippen LogP) is 3.54. The van der Waals surface area contributed by atoms with Gasteiger partial charge < -0.3 is 19.3 Å². The SMILES string of the molecule is CCCc1c(/C=C/c2ccc(OC)c(OC)c2OC)nc2ccc(C(=O)O)cn2c1=O. The lowest BCUT2D eigenvalue weighted by molar-refractivity contribution is 0.0696. The summed E-state index contributed by atoms with van der Waals surface area (Å²) in [5.41, 5.74) is 1.87. The number of benzene rings is 1. The molecule has 8 heteroatoms. The van der Waals surface area contributed by atoms with Crippen molar-refractivity contribution in [2.45, 2.75) is 19.8 Å². The second-order valence-corrected chi connectivity index (χ2v) is 6.74. The predicted molar refractivity (Wildman–Crippen MR) is 117 cm³/mol. The van der Waals surface area contributed by atoms with E-state index in [1.54, 1.807) is 25.3 Å². The number of fused-ring (bicyclic) bond motifs is 1. The van der Waals surface area contributed by atoms with Gasteiger partial charge in [0.1, 0.15) is 5.65 Å². The van der Waals surface area contributed by atoms with Crippen LogP contribution < -0.4 is 19.8 Å². The van der Waals surface area contributed by atoms with Gasteiger partial charge in [-0.2, -0.15) is 0 Å². The number of carboxylic acids is 1. The minimum atomic E-state index is -1.10. The third-order valence-electron chi connectivity index (χ3n) is 4.85. The quantitative estimate of drug-likeness (QED) is 0.590. The lowest BCUT2D eigenvalue weighted by Gasteiger charge is -2.14. The van der Waals surface area contributed by atoms with Crippen molar-refractivity contribution in [3.63, 3.8) is 0 Å². The van der Waals surface area contributed by atoms with Gasteiger partial charge in [-0.15, -0.1) is 0 Å². The topological polar surface area (TPSA) is 99.4 Å². The van der Waals surface area contributed by atoms with Crippen molar-refractivity contribution < 1.29 is 24.1 Å². The summed E-state index contributed by atoms with van der Waals surface area (Å²) in [6.45, 7) is 1.97. The van der Waals surface area contributed by atoms with Crippen LogP contribution >= 0.6 is 0 Å². The molecule has 0 atom stereocenters. The zero-order valence-corrected chi connectivity index (χ0v) is 17.8. The first-order valence-corrected chi connectivity index (χ1v) is 9.70. The number of ether oxygens (including phenoxy) is 3. The van der Waals surface area contributed by atoms with Crippen molar-refractivity contribution in [3.05, 3.63) is 63.2 Å². The van der Waals surface area contributed by atoms with Gasteiger partial charge in [0.05, 0.1) is 32.6 Å². The Morgan fingerprint density at radius 3 is 2.42 bits per heavy atom. The van der Waals surface area contributed by atoms with Gasteiger partial charge >= 0.3 is 5.97 Å². The van der Waals surface area contributed by atoms with E-state index in [9.17, 15) is 14.7 Å². The fraction of sp³-hybridized carbons (Fsp3) is 0.261. The summed E-state index contributed by atoms with van der Waals surface area (Å²) in [6.07, 6.45) is 6.10. The molecule has 2 heterocycles. The minimum absolute atomic E-state index is 0.0252. The fourth-order valence-corrected chi connectivity index (χ4v) is 3.37. The summed E-state index contributed by atoms with van der Waals surface area (Å²) in [6, 6.07) is 6.54. The largest absolute Gasteiger partial charge is 0.493 e. The standard InChI is InChI=1S/C23H24N2O6/c1-5-6-16-17(24-19-12-9-15(23(27)28)13-25(19)22(16)26)10-7-14-8-11-18(29-2)21(31-4)20(14)30-3/h7-13H,5-6H2,1-4H3,(H,27,28)/b10-7+. The van der Waals surface area contributed by atoms with Crippen LogP contribution in [0.25, 0.3) is 17.8 Å². The first kappa shape index (κ1) is 21.9. The van der Waals surface area contributed by atoms with Gasteiger partial charge in [-0.05, 0) is 42.8 Å². The summed E-state index contributed by atoms with van der Waals surface area (Å²) in [7, 11) is 4.62. The number of aromatic nitrogens is 2. The lowest BCUT2D eigenvalue weighted by Crippen LogP contribution is -2.22. The van der Waals surface area contributed by atoms with Gasteiger partial charge in [0, 0.05) is 17.3 Å². The minimum Gasteiger partial charge on any atom is -0.493 e. The van der Waals surface area contributed by atoms with E-state index in [0.717, 1.165) is 12.0 Å². The van der Waals surface area contributed by atoms with Crippen LogP contribution in [0.15, 0.2) is 35.3 Å². The first-order chi connectivity index (χ1) is 14.9. The maximum atomic E-state index is 13.1. The van der Waals surface area contributed by atoms with Gasteiger partial charge in [0.15, 0.2) is 11.5 Å². The molecule has 0 aliphatic carbocycles. The van der Waals surface area contributed by atoms with Gasteiger partial charge in [-0.25, -0.2) is 9.78 Å². The molecule has 0 amide bonds.